The van der Waals surface area contributed by atoms with Crippen molar-refractivity contribution in [3.05, 3.63) is 59.4 Å². The molecular formula is C18H16N4O2. The zero-order chi connectivity index (χ0) is 17.1. The van der Waals surface area contributed by atoms with E-state index in [1.54, 1.807) is 30.3 Å². The standard InChI is InChI=1S/C18H16N4O2/c1-2-22-16-8-5-13(18(23)24)9-15(16)21-17(22)11-20-14-6-3-12(10-19)4-7-14/h3-9,20H,2,11H2,1H3,(H,23,24). The largest absolute Gasteiger partial charge is 0.478 e. The van der Waals surface area contributed by atoms with Crippen LogP contribution in [0.2, 0.25) is 0 Å². The highest BCUT2D eigenvalue weighted by atomic mass is 16.4. The lowest BCUT2D eigenvalue weighted by atomic mass is 10.2. The van der Waals surface area contributed by atoms with E-state index in [4.69, 9.17) is 10.4 Å². The molecule has 1 heterocycles. The summed E-state index contributed by atoms with van der Waals surface area (Å²) in [6.07, 6.45) is 0. The van der Waals surface area contributed by atoms with Gasteiger partial charge in [-0.2, -0.15) is 5.26 Å². The third kappa shape index (κ3) is 2.92. The lowest BCUT2D eigenvalue weighted by Crippen LogP contribution is -2.07. The molecule has 0 atom stereocenters. The van der Waals surface area contributed by atoms with E-state index in [1.165, 1.54) is 0 Å². The zero-order valence-electron chi connectivity index (χ0n) is 13.2. The zero-order valence-corrected chi connectivity index (χ0v) is 13.2. The van der Waals surface area contributed by atoms with Crippen molar-refractivity contribution in [2.75, 3.05) is 5.32 Å². The molecule has 0 radical (unpaired) electrons. The second-order valence-electron chi connectivity index (χ2n) is 5.32. The molecule has 0 aliphatic rings. The fourth-order valence-electron chi connectivity index (χ4n) is 2.64. The molecule has 0 aliphatic heterocycles. The number of carbonyl (C=O) groups is 1. The van der Waals surface area contributed by atoms with Gasteiger partial charge in [0.25, 0.3) is 0 Å². The highest BCUT2D eigenvalue weighted by molar-refractivity contribution is 5.92. The normalized spacial score (nSPS) is 10.5. The Morgan fingerprint density at radius 3 is 2.67 bits per heavy atom. The van der Waals surface area contributed by atoms with Gasteiger partial charge in [-0.15, -0.1) is 0 Å². The van der Waals surface area contributed by atoms with Crippen molar-refractivity contribution in [1.82, 2.24) is 9.55 Å². The summed E-state index contributed by atoms with van der Waals surface area (Å²) in [7, 11) is 0. The maximum Gasteiger partial charge on any atom is 0.335 e. The number of rotatable bonds is 5. The second-order valence-corrected chi connectivity index (χ2v) is 5.32. The first kappa shape index (κ1) is 15.6. The summed E-state index contributed by atoms with van der Waals surface area (Å²) in [5.41, 5.74) is 3.33. The number of benzene rings is 2. The number of nitriles is 1. The molecule has 120 valence electrons. The van der Waals surface area contributed by atoms with Gasteiger partial charge in [-0.1, -0.05) is 0 Å². The van der Waals surface area contributed by atoms with E-state index < -0.39 is 5.97 Å². The van der Waals surface area contributed by atoms with Crippen LogP contribution in [0.25, 0.3) is 11.0 Å². The van der Waals surface area contributed by atoms with Crippen LogP contribution in [0.5, 0.6) is 0 Å². The van der Waals surface area contributed by atoms with E-state index in [1.807, 2.05) is 19.1 Å². The number of carboxylic acid groups (broad SMARTS) is 1. The minimum Gasteiger partial charge on any atom is -0.478 e. The molecule has 6 heteroatoms. The Morgan fingerprint density at radius 1 is 1.29 bits per heavy atom. The lowest BCUT2D eigenvalue weighted by molar-refractivity contribution is 0.0697. The van der Waals surface area contributed by atoms with E-state index in [9.17, 15) is 4.79 Å². The van der Waals surface area contributed by atoms with Gasteiger partial charge in [0, 0.05) is 12.2 Å². The second kappa shape index (κ2) is 6.42. The summed E-state index contributed by atoms with van der Waals surface area (Å²) in [4.78, 5) is 15.7. The summed E-state index contributed by atoms with van der Waals surface area (Å²) >= 11 is 0. The molecule has 0 aliphatic carbocycles. The molecule has 0 unspecified atom stereocenters. The van der Waals surface area contributed by atoms with Gasteiger partial charge in [0.15, 0.2) is 0 Å². The molecule has 0 amide bonds. The van der Waals surface area contributed by atoms with Crippen LogP contribution >= 0.6 is 0 Å². The van der Waals surface area contributed by atoms with Crippen LogP contribution in [0.15, 0.2) is 42.5 Å². The molecule has 3 aromatic rings. The van der Waals surface area contributed by atoms with Gasteiger partial charge in [-0.25, -0.2) is 9.78 Å². The number of hydrogen-bond acceptors (Lipinski definition) is 4. The van der Waals surface area contributed by atoms with Crippen LogP contribution in [0.3, 0.4) is 0 Å². The van der Waals surface area contributed by atoms with E-state index >= 15 is 0 Å². The Bertz CT molecular complexity index is 936. The maximum atomic E-state index is 11.1. The lowest BCUT2D eigenvalue weighted by Gasteiger charge is -2.08. The van der Waals surface area contributed by atoms with Gasteiger partial charge in [-0.3, -0.25) is 0 Å². The molecule has 0 spiro atoms. The Morgan fingerprint density at radius 2 is 2.04 bits per heavy atom. The van der Waals surface area contributed by atoms with Crippen molar-refractivity contribution in [2.45, 2.75) is 20.0 Å². The first-order chi connectivity index (χ1) is 11.6. The molecule has 3 rings (SSSR count). The average Bonchev–Trinajstić information content (AvgIpc) is 2.96. The topological polar surface area (TPSA) is 90.9 Å². The monoisotopic (exact) mass is 320 g/mol. The minimum absolute atomic E-state index is 0.231. The molecule has 2 N–H and O–H groups in total. The van der Waals surface area contributed by atoms with Crippen LogP contribution in [0.1, 0.15) is 28.7 Å². The Kier molecular flexibility index (Phi) is 4.17. The van der Waals surface area contributed by atoms with Gasteiger partial charge in [-0.05, 0) is 49.4 Å². The Hall–Kier alpha value is -3.33. The summed E-state index contributed by atoms with van der Waals surface area (Å²) in [6, 6.07) is 14.3. The Balaban J connectivity index is 1.87. The van der Waals surface area contributed by atoms with E-state index in [0.29, 0.717) is 17.6 Å². The first-order valence-electron chi connectivity index (χ1n) is 7.59. The van der Waals surface area contributed by atoms with Gasteiger partial charge < -0.3 is 15.0 Å². The molecule has 0 bridgehead atoms. The smallest absolute Gasteiger partial charge is 0.335 e. The maximum absolute atomic E-state index is 11.1. The highest BCUT2D eigenvalue weighted by Crippen LogP contribution is 2.19. The molecule has 1 aromatic heterocycles. The number of aromatic nitrogens is 2. The number of aromatic carboxylic acids is 1. The highest BCUT2D eigenvalue weighted by Gasteiger charge is 2.12. The number of hydrogen-bond donors (Lipinski definition) is 2. The molecule has 6 nitrogen and oxygen atoms in total. The molecule has 24 heavy (non-hydrogen) atoms. The average molecular weight is 320 g/mol. The molecule has 2 aromatic carbocycles. The summed E-state index contributed by atoms with van der Waals surface area (Å²) in [5, 5.41) is 21.2. The number of nitrogens with zero attached hydrogens (tertiary/aromatic N) is 3. The molecule has 0 saturated carbocycles. The van der Waals surface area contributed by atoms with Crippen LogP contribution in [0, 0.1) is 11.3 Å². The third-order valence-electron chi connectivity index (χ3n) is 3.86. The number of imidazole rings is 1. The molecule has 0 saturated heterocycles. The number of carboxylic acids is 1. The number of anilines is 1. The SMILES string of the molecule is CCn1c(CNc2ccc(C#N)cc2)nc2cc(C(=O)O)ccc21. The van der Waals surface area contributed by atoms with Gasteiger partial charge in [0.1, 0.15) is 5.82 Å². The van der Waals surface area contributed by atoms with Gasteiger partial charge in [0.2, 0.25) is 0 Å². The Labute approximate surface area is 139 Å². The van der Waals surface area contributed by atoms with E-state index in [2.05, 4.69) is 20.9 Å². The van der Waals surface area contributed by atoms with Crippen molar-refractivity contribution in [2.24, 2.45) is 0 Å². The van der Waals surface area contributed by atoms with Crippen molar-refractivity contribution in [3.63, 3.8) is 0 Å². The number of aryl methyl sites for hydroxylation is 1. The molecule has 0 fully saturated rings. The van der Waals surface area contributed by atoms with Crippen molar-refractivity contribution < 1.29 is 9.90 Å². The van der Waals surface area contributed by atoms with Crippen LogP contribution in [-0.4, -0.2) is 20.6 Å². The quantitative estimate of drug-likeness (QED) is 0.753. The summed E-state index contributed by atoms with van der Waals surface area (Å²) in [5.74, 6) is -0.125. The van der Waals surface area contributed by atoms with Crippen molar-refractivity contribution in [3.8, 4) is 6.07 Å². The summed E-state index contributed by atoms with van der Waals surface area (Å²) < 4.78 is 2.05. The van der Waals surface area contributed by atoms with Gasteiger partial charge >= 0.3 is 5.97 Å². The summed E-state index contributed by atoms with van der Waals surface area (Å²) in [6.45, 7) is 3.28. The number of nitrogens with one attached hydrogen (secondary N) is 1. The predicted molar refractivity (Wildman–Crippen MR) is 90.9 cm³/mol. The third-order valence-corrected chi connectivity index (χ3v) is 3.86. The van der Waals surface area contributed by atoms with E-state index in [0.717, 1.165) is 23.6 Å². The van der Waals surface area contributed by atoms with E-state index in [-0.39, 0.29) is 5.56 Å². The first-order valence-corrected chi connectivity index (χ1v) is 7.59. The fourth-order valence-corrected chi connectivity index (χ4v) is 2.64. The van der Waals surface area contributed by atoms with Crippen LogP contribution in [-0.2, 0) is 13.1 Å². The van der Waals surface area contributed by atoms with Crippen molar-refractivity contribution >= 4 is 22.7 Å². The van der Waals surface area contributed by atoms with Crippen LogP contribution in [0.4, 0.5) is 5.69 Å². The minimum atomic E-state index is -0.958. The van der Waals surface area contributed by atoms with Crippen LogP contribution < -0.4 is 5.32 Å². The van der Waals surface area contributed by atoms with Gasteiger partial charge in [0.05, 0.1) is 34.8 Å². The van der Waals surface area contributed by atoms with Crippen molar-refractivity contribution in [1.29, 1.82) is 5.26 Å². The predicted octanol–water partition coefficient (Wildman–Crippen LogP) is 3.24. The fraction of sp³-hybridized carbons (Fsp3) is 0.167. The molecular weight excluding hydrogens is 304 g/mol. The number of fused-ring (bicyclic) bond motifs is 1.